The zero-order chi connectivity index (χ0) is 9.42. The molecule has 72 valence electrons. The van der Waals surface area contributed by atoms with Crippen molar-refractivity contribution in [2.24, 2.45) is 11.8 Å². The number of hydrogen-bond acceptors (Lipinski definition) is 2. The summed E-state index contributed by atoms with van der Waals surface area (Å²) in [5, 5.41) is 4.25. The molecule has 1 aliphatic rings. The summed E-state index contributed by atoms with van der Waals surface area (Å²) >= 11 is 0. The Hall–Kier alpha value is -0.990. The summed E-state index contributed by atoms with van der Waals surface area (Å²) in [5.74, 6) is 2.43. The van der Waals surface area contributed by atoms with Gasteiger partial charge in [-0.2, -0.15) is 5.10 Å². The Bertz CT molecular complexity index is 303. The molecule has 1 fully saturated rings. The molecule has 0 aromatic carbocycles. The molecule has 1 aromatic heterocycles. The minimum Gasteiger partial charge on any atom is -0.382 e. The molecule has 2 rings (SSSR count). The van der Waals surface area contributed by atoms with Crippen LogP contribution in [0, 0.1) is 18.8 Å². The number of rotatable bonds is 3. The van der Waals surface area contributed by atoms with Crippen LogP contribution in [-0.2, 0) is 6.54 Å². The molecule has 3 heteroatoms. The maximum atomic E-state index is 5.61. The molecule has 2 N–H and O–H groups in total. The number of nitrogen functional groups attached to an aromatic ring is 1. The Morgan fingerprint density at radius 1 is 1.62 bits per heavy atom. The monoisotopic (exact) mass is 179 g/mol. The van der Waals surface area contributed by atoms with Crippen LogP contribution in [0.5, 0.6) is 0 Å². The van der Waals surface area contributed by atoms with Gasteiger partial charge in [0, 0.05) is 18.3 Å². The van der Waals surface area contributed by atoms with Crippen LogP contribution in [0.15, 0.2) is 6.07 Å². The van der Waals surface area contributed by atoms with Crippen LogP contribution >= 0.6 is 0 Å². The van der Waals surface area contributed by atoms with E-state index in [1.165, 1.54) is 18.5 Å². The van der Waals surface area contributed by atoms with E-state index in [1.807, 2.05) is 10.7 Å². The predicted molar refractivity (Wildman–Crippen MR) is 53.3 cm³/mol. The van der Waals surface area contributed by atoms with Gasteiger partial charge in [0.1, 0.15) is 5.82 Å². The average molecular weight is 179 g/mol. The van der Waals surface area contributed by atoms with Crippen molar-refractivity contribution in [3.8, 4) is 0 Å². The van der Waals surface area contributed by atoms with E-state index < -0.39 is 0 Å². The Labute approximate surface area is 78.9 Å². The number of hydrogen-bond donors (Lipinski definition) is 1. The molecule has 0 aliphatic heterocycles. The smallest absolute Gasteiger partial charge is 0.145 e. The Balaban J connectivity index is 1.99. The number of nitrogens with two attached hydrogens (primary N) is 1. The number of nitrogens with zero attached hydrogens (tertiary/aromatic N) is 2. The highest BCUT2D eigenvalue weighted by atomic mass is 15.3. The minimum atomic E-state index is 0.645. The average Bonchev–Trinajstić information content (AvgIpc) is 2.74. The van der Waals surface area contributed by atoms with Gasteiger partial charge in [-0.3, -0.25) is 4.68 Å². The second kappa shape index (κ2) is 3.05. The summed E-state index contributed by atoms with van der Waals surface area (Å²) in [7, 11) is 0. The first-order valence-corrected chi connectivity index (χ1v) is 5.00. The van der Waals surface area contributed by atoms with Crippen molar-refractivity contribution in [3.05, 3.63) is 11.8 Å². The van der Waals surface area contributed by atoms with Gasteiger partial charge in [0.15, 0.2) is 0 Å². The molecule has 0 spiro atoms. The van der Waals surface area contributed by atoms with Gasteiger partial charge in [0.05, 0.1) is 0 Å². The van der Waals surface area contributed by atoms with Crippen molar-refractivity contribution in [1.82, 2.24) is 9.78 Å². The van der Waals surface area contributed by atoms with Crippen LogP contribution in [0.1, 0.15) is 25.5 Å². The Morgan fingerprint density at radius 3 is 2.85 bits per heavy atom. The lowest BCUT2D eigenvalue weighted by molar-refractivity contribution is 0.517. The van der Waals surface area contributed by atoms with E-state index in [4.69, 9.17) is 5.73 Å². The summed E-state index contributed by atoms with van der Waals surface area (Å²) in [6, 6.07) is 1.93. The molecule has 3 nitrogen and oxygen atoms in total. The van der Waals surface area contributed by atoms with Gasteiger partial charge < -0.3 is 5.73 Å². The van der Waals surface area contributed by atoms with Gasteiger partial charge in [-0.05, 0) is 25.2 Å². The molecule has 1 saturated carbocycles. The predicted octanol–water partition coefficient (Wildman–Crippen LogP) is 1.82. The zero-order valence-corrected chi connectivity index (χ0v) is 8.33. The maximum absolute atomic E-state index is 5.61. The van der Waals surface area contributed by atoms with Crippen molar-refractivity contribution in [3.63, 3.8) is 0 Å². The van der Waals surface area contributed by atoms with Crippen LogP contribution in [0.25, 0.3) is 0 Å². The molecule has 1 aliphatic carbocycles. The van der Waals surface area contributed by atoms with Crippen LogP contribution in [0.4, 0.5) is 5.82 Å². The van der Waals surface area contributed by atoms with Gasteiger partial charge in [-0.1, -0.05) is 13.3 Å². The quantitative estimate of drug-likeness (QED) is 0.769. The molecule has 13 heavy (non-hydrogen) atoms. The molecular formula is C10H17N3. The van der Waals surface area contributed by atoms with Gasteiger partial charge in [0.25, 0.3) is 0 Å². The third-order valence-electron chi connectivity index (χ3n) is 3.00. The third-order valence-corrected chi connectivity index (χ3v) is 3.00. The van der Waals surface area contributed by atoms with Crippen LogP contribution in [-0.4, -0.2) is 9.78 Å². The van der Waals surface area contributed by atoms with Crippen LogP contribution in [0.2, 0.25) is 0 Å². The molecule has 1 aromatic rings. The summed E-state index contributed by atoms with van der Waals surface area (Å²) < 4.78 is 2.04. The SMILES string of the molecule is CC[C@@H]1C[C@H]1Cn1nc(N)cc1C. The fourth-order valence-corrected chi connectivity index (χ4v) is 1.98. The number of aromatic nitrogens is 2. The first-order valence-electron chi connectivity index (χ1n) is 5.00. The van der Waals surface area contributed by atoms with Crippen molar-refractivity contribution >= 4 is 5.82 Å². The largest absolute Gasteiger partial charge is 0.382 e. The van der Waals surface area contributed by atoms with E-state index in [9.17, 15) is 0 Å². The van der Waals surface area contributed by atoms with Gasteiger partial charge in [-0.15, -0.1) is 0 Å². The van der Waals surface area contributed by atoms with Crippen LogP contribution in [0.3, 0.4) is 0 Å². The first-order chi connectivity index (χ1) is 6.20. The maximum Gasteiger partial charge on any atom is 0.145 e. The van der Waals surface area contributed by atoms with E-state index in [-0.39, 0.29) is 0 Å². The van der Waals surface area contributed by atoms with Crippen molar-refractivity contribution in [1.29, 1.82) is 0 Å². The third kappa shape index (κ3) is 1.69. The molecule has 0 radical (unpaired) electrons. The highest BCUT2D eigenvalue weighted by Crippen LogP contribution is 2.42. The van der Waals surface area contributed by atoms with Gasteiger partial charge in [-0.25, -0.2) is 0 Å². The Morgan fingerprint density at radius 2 is 2.38 bits per heavy atom. The van der Waals surface area contributed by atoms with E-state index in [2.05, 4.69) is 18.9 Å². The first kappa shape index (κ1) is 8.60. The summed E-state index contributed by atoms with van der Waals surface area (Å²) in [5.41, 5.74) is 6.79. The van der Waals surface area contributed by atoms with E-state index in [0.717, 1.165) is 18.4 Å². The highest BCUT2D eigenvalue weighted by Gasteiger charge is 2.35. The second-order valence-electron chi connectivity index (χ2n) is 4.06. The fraction of sp³-hybridized carbons (Fsp3) is 0.700. The second-order valence-corrected chi connectivity index (χ2v) is 4.06. The molecule has 0 amide bonds. The normalized spacial score (nSPS) is 26.3. The van der Waals surface area contributed by atoms with Crippen molar-refractivity contribution in [2.75, 3.05) is 5.73 Å². The number of aryl methyl sites for hydroxylation is 1. The molecular weight excluding hydrogens is 162 g/mol. The summed E-state index contributed by atoms with van der Waals surface area (Å²) in [4.78, 5) is 0. The van der Waals surface area contributed by atoms with Crippen molar-refractivity contribution < 1.29 is 0 Å². The van der Waals surface area contributed by atoms with E-state index in [0.29, 0.717) is 5.82 Å². The van der Waals surface area contributed by atoms with Gasteiger partial charge >= 0.3 is 0 Å². The molecule has 1 heterocycles. The summed E-state index contributed by atoms with van der Waals surface area (Å²) in [6.45, 7) is 5.38. The minimum absolute atomic E-state index is 0.645. The lowest BCUT2D eigenvalue weighted by Gasteiger charge is -2.02. The topological polar surface area (TPSA) is 43.8 Å². The van der Waals surface area contributed by atoms with E-state index in [1.54, 1.807) is 0 Å². The highest BCUT2D eigenvalue weighted by molar-refractivity contribution is 5.28. The fourth-order valence-electron chi connectivity index (χ4n) is 1.98. The zero-order valence-electron chi connectivity index (χ0n) is 8.33. The number of anilines is 1. The Kier molecular flexibility index (Phi) is 2.02. The lowest BCUT2D eigenvalue weighted by atomic mass is 10.2. The molecule has 2 atom stereocenters. The molecule has 0 bridgehead atoms. The molecule has 0 unspecified atom stereocenters. The van der Waals surface area contributed by atoms with Crippen molar-refractivity contribution in [2.45, 2.75) is 33.2 Å². The standard InChI is InChI=1S/C10H17N3/c1-3-8-5-9(8)6-13-7(2)4-10(11)12-13/h4,8-9H,3,5-6H2,1-2H3,(H2,11,12)/t8-,9+/m1/s1. The molecule has 0 saturated heterocycles. The van der Waals surface area contributed by atoms with Gasteiger partial charge in [0.2, 0.25) is 0 Å². The summed E-state index contributed by atoms with van der Waals surface area (Å²) in [6.07, 6.45) is 2.68. The van der Waals surface area contributed by atoms with Crippen LogP contribution < -0.4 is 5.73 Å². The van der Waals surface area contributed by atoms with E-state index >= 15 is 0 Å². The lowest BCUT2D eigenvalue weighted by Crippen LogP contribution is -2.05.